The fourth-order valence-electron chi connectivity index (χ4n) is 4.40. The molecule has 2 amide bonds. The second-order valence-corrected chi connectivity index (χ2v) is 8.71. The number of alkyl halides is 3. The fraction of sp³-hybridized carbons (Fsp3) is 0.360. The molecule has 10 heteroatoms. The van der Waals surface area contributed by atoms with E-state index < -0.39 is 23.8 Å². The molecule has 1 aliphatic heterocycles. The van der Waals surface area contributed by atoms with Crippen molar-refractivity contribution >= 4 is 22.5 Å². The van der Waals surface area contributed by atoms with Gasteiger partial charge in [0.25, 0.3) is 0 Å². The molecule has 35 heavy (non-hydrogen) atoms. The summed E-state index contributed by atoms with van der Waals surface area (Å²) in [5, 5.41) is 0.748. The van der Waals surface area contributed by atoms with Gasteiger partial charge in [-0.2, -0.15) is 13.2 Å². The predicted octanol–water partition coefficient (Wildman–Crippen LogP) is 4.43. The molecule has 1 aromatic carbocycles. The molecule has 2 N–H and O–H groups in total. The number of aromatic nitrogens is 3. The summed E-state index contributed by atoms with van der Waals surface area (Å²) in [6, 6.07) is 5.06. The molecule has 184 valence electrons. The summed E-state index contributed by atoms with van der Waals surface area (Å²) in [5.74, 6) is 0.702. The Hall–Kier alpha value is -3.69. The van der Waals surface area contributed by atoms with Gasteiger partial charge in [0.05, 0.1) is 29.0 Å². The van der Waals surface area contributed by atoms with Crippen LogP contribution in [0.3, 0.4) is 0 Å². The zero-order valence-corrected chi connectivity index (χ0v) is 20.0. The maximum absolute atomic E-state index is 13.4. The van der Waals surface area contributed by atoms with E-state index in [2.05, 4.69) is 9.97 Å². The van der Waals surface area contributed by atoms with Crippen LogP contribution in [0.4, 0.5) is 18.0 Å². The van der Waals surface area contributed by atoms with Crippen molar-refractivity contribution < 1.29 is 18.0 Å². The van der Waals surface area contributed by atoms with Crippen LogP contribution in [0.1, 0.15) is 47.6 Å². The molecule has 0 radical (unpaired) electrons. The van der Waals surface area contributed by atoms with Crippen LogP contribution >= 0.6 is 0 Å². The third-order valence-electron chi connectivity index (χ3n) is 6.54. The van der Waals surface area contributed by atoms with Crippen molar-refractivity contribution in [3.63, 3.8) is 0 Å². The Morgan fingerprint density at radius 2 is 2.00 bits per heavy atom. The molecule has 0 fully saturated rings. The first-order chi connectivity index (χ1) is 16.5. The van der Waals surface area contributed by atoms with Crippen molar-refractivity contribution in [3.05, 3.63) is 70.2 Å². The van der Waals surface area contributed by atoms with Crippen LogP contribution in [0.5, 0.6) is 0 Å². The number of amides is 2. The highest BCUT2D eigenvalue weighted by atomic mass is 19.4. The van der Waals surface area contributed by atoms with Crippen molar-refractivity contribution in [2.45, 2.75) is 39.4 Å². The number of nitrogens with two attached hydrogens (primary N) is 1. The van der Waals surface area contributed by atoms with E-state index in [1.807, 2.05) is 30.7 Å². The smallest absolute Gasteiger partial charge is 0.351 e. The van der Waals surface area contributed by atoms with Crippen LogP contribution in [0.2, 0.25) is 0 Å². The number of primary amides is 1. The molecule has 0 saturated heterocycles. The summed E-state index contributed by atoms with van der Waals surface area (Å²) in [4.78, 5) is 27.0. The molecule has 2 aromatic heterocycles. The van der Waals surface area contributed by atoms with E-state index in [1.54, 1.807) is 24.1 Å². The lowest BCUT2D eigenvalue weighted by atomic mass is 9.97. The van der Waals surface area contributed by atoms with Gasteiger partial charge < -0.3 is 15.2 Å². The summed E-state index contributed by atoms with van der Waals surface area (Å²) < 4.78 is 42.2. The van der Waals surface area contributed by atoms with Gasteiger partial charge in [0.2, 0.25) is 0 Å². The standard InChI is InChI=1S/C25H27F3N6O/c1-14-18(6-5-7-20(14)25(26,27)28)15(2)31-23-19-12-21(17-8-10-34(11-9-17)24(29)35)30-13-22(19)33(4)16(3)32-23/h5-8,12-13,15H,9-11H2,1-4H3,(H2,29,35)/t15-/m1/s1. The Kier molecular flexibility index (Phi) is 6.40. The Morgan fingerprint density at radius 3 is 2.63 bits per heavy atom. The third-order valence-corrected chi connectivity index (χ3v) is 6.54. The van der Waals surface area contributed by atoms with E-state index in [0.717, 1.165) is 28.2 Å². The van der Waals surface area contributed by atoms with E-state index in [0.29, 0.717) is 36.4 Å². The van der Waals surface area contributed by atoms with Crippen LogP contribution in [0, 0.1) is 13.8 Å². The highest BCUT2D eigenvalue weighted by Gasteiger charge is 2.33. The van der Waals surface area contributed by atoms with Crippen molar-refractivity contribution in [3.8, 4) is 0 Å². The van der Waals surface area contributed by atoms with Gasteiger partial charge in [0.15, 0.2) is 5.49 Å². The van der Waals surface area contributed by atoms with Gasteiger partial charge in [-0.1, -0.05) is 18.2 Å². The number of aryl methyl sites for hydroxylation is 2. The predicted molar refractivity (Wildman–Crippen MR) is 127 cm³/mol. The van der Waals surface area contributed by atoms with Gasteiger partial charge in [-0.15, -0.1) is 0 Å². The van der Waals surface area contributed by atoms with Gasteiger partial charge in [0.1, 0.15) is 5.82 Å². The summed E-state index contributed by atoms with van der Waals surface area (Å²) in [6.07, 6.45) is -0.144. The van der Waals surface area contributed by atoms with Crippen LogP contribution in [0.25, 0.3) is 16.5 Å². The minimum absolute atomic E-state index is 0.160. The quantitative estimate of drug-likeness (QED) is 0.596. The molecule has 3 heterocycles. The number of benzene rings is 1. The Bertz CT molecular complexity index is 1410. The van der Waals surface area contributed by atoms with E-state index in [9.17, 15) is 18.0 Å². The summed E-state index contributed by atoms with van der Waals surface area (Å²) in [6.45, 7) is 5.99. The average molecular weight is 485 g/mol. The summed E-state index contributed by atoms with van der Waals surface area (Å²) in [5.41, 5.74) is 8.35. The van der Waals surface area contributed by atoms with Crippen LogP contribution < -0.4 is 11.2 Å². The molecular weight excluding hydrogens is 457 g/mol. The number of carbonyl (C=O) groups excluding carboxylic acids is 1. The van der Waals surface area contributed by atoms with Gasteiger partial charge in [-0.3, -0.25) is 9.98 Å². The van der Waals surface area contributed by atoms with Gasteiger partial charge in [-0.05, 0) is 56.0 Å². The molecule has 0 bridgehead atoms. The first kappa shape index (κ1) is 24.4. The molecular formula is C25H27F3N6O. The molecule has 0 spiro atoms. The van der Waals surface area contributed by atoms with Crippen LogP contribution in [-0.4, -0.2) is 38.6 Å². The van der Waals surface area contributed by atoms with E-state index in [-0.39, 0.29) is 5.56 Å². The number of carbonyl (C=O) groups is 1. The molecule has 0 saturated carbocycles. The molecule has 4 rings (SSSR count). The molecule has 1 aliphatic rings. The first-order valence-electron chi connectivity index (χ1n) is 11.2. The minimum Gasteiger partial charge on any atom is -0.351 e. The second kappa shape index (κ2) is 9.16. The molecule has 0 aliphatic carbocycles. The zero-order valence-electron chi connectivity index (χ0n) is 20.0. The fourth-order valence-corrected chi connectivity index (χ4v) is 4.40. The SMILES string of the molecule is Cc1c([C@@H](C)N=c2nc(C)n(C)c3cnc(C4=CCN(C(N)=O)CC4)cc23)cccc1C(F)(F)F. The number of urea groups is 1. The minimum atomic E-state index is -4.43. The van der Waals surface area contributed by atoms with Gasteiger partial charge in [-0.25, -0.2) is 9.78 Å². The first-order valence-corrected chi connectivity index (χ1v) is 11.2. The Balaban J connectivity index is 1.83. The van der Waals surface area contributed by atoms with Gasteiger partial charge in [0, 0.05) is 25.5 Å². The van der Waals surface area contributed by atoms with Crippen molar-refractivity contribution in [2.24, 2.45) is 17.8 Å². The van der Waals surface area contributed by atoms with Crippen LogP contribution in [-0.2, 0) is 13.2 Å². The largest absolute Gasteiger partial charge is 0.416 e. The summed E-state index contributed by atoms with van der Waals surface area (Å²) >= 11 is 0. The lowest BCUT2D eigenvalue weighted by molar-refractivity contribution is -0.138. The maximum Gasteiger partial charge on any atom is 0.416 e. The van der Waals surface area contributed by atoms with E-state index in [4.69, 9.17) is 10.7 Å². The van der Waals surface area contributed by atoms with Crippen molar-refractivity contribution in [2.75, 3.05) is 13.1 Å². The zero-order chi connectivity index (χ0) is 25.5. The number of hydrogen-bond donors (Lipinski definition) is 1. The summed E-state index contributed by atoms with van der Waals surface area (Å²) in [7, 11) is 1.88. The van der Waals surface area contributed by atoms with Crippen molar-refractivity contribution in [1.82, 2.24) is 19.4 Å². The Morgan fingerprint density at radius 1 is 1.26 bits per heavy atom. The number of hydrogen-bond acceptors (Lipinski definition) is 4. The van der Waals surface area contributed by atoms with Gasteiger partial charge >= 0.3 is 12.2 Å². The normalized spacial score (nSPS) is 15.9. The van der Waals surface area contributed by atoms with Crippen molar-refractivity contribution in [1.29, 1.82) is 0 Å². The molecule has 7 nitrogen and oxygen atoms in total. The number of rotatable bonds is 3. The number of nitrogens with zero attached hydrogens (tertiary/aromatic N) is 5. The van der Waals surface area contributed by atoms with Crippen LogP contribution in [0.15, 0.2) is 41.5 Å². The number of fused-ring (bicyclic) bond motifs is 1. The molecule has 0 unspecified atom stereocenters. The molecule has 1 atom stereocenters. The molecule has 3 aromatic rings. The lowest BCUT2D eigenvalue weighted by Gasteiger charge is -2.24. The number of pyridine rings is 1. The van der Waals surface area contributed by atoms with E-state index in [1.165, 1.54) is 13.0 Å². The maximum atomic E-state index is 13.4. The number of halogens is 3. The second-order valence-electron chi connectivity index (χ2n) is 8.71. The average Bonchev–Trinajstić information content (AvgIpc) is 2.81. The van der Waals surface area contributed by atoms with E-state index >= 15 is 0 Å². The Labute approximate surface area is 200 Å². The third kappa shape index (κ3) is 4.78. The highest BCUT2D eigenvalue weighted by molar-refractivity contribution is 5.81. The lowest BCUT2D eigenvalue weighted by Crippen LogP contribution is -2.38. The monoisotopic (exact) mass is 484 g/mol. The highest BCUT2D eigenvalue weighted by Crippen LogP contribution is 2.35. The topological polar surface area (TPSA) is 89.4 Å².